The van der Waals surface area contributed by atoms with Crippen molar-refractivity contribution in [1.82, 2.24) is 5.32 Å². The molecular formula is C23H25N3O3S. The van der Waals surface area contributed by atoms with E-state index in [9.17, 15) is 14.4 Å². The fourth-order valence-electron chi connectivity index (χ4n) is 3.88. The molecule has 1 heterocycles. The number of anilines is 2. The van der Waals surface area contributed by atoms with Gasteiger partial charge < -0.3 is 16.0 Å². The molecule has 0 radical (unpaired) electrons. The lowest BCUT2D eigenvalue weighted by Gasteiger charge is -2.23. The molecule has 2 aromatic carbocycles. The monoisotopic (exact) mass is 423 g/mol. The number of fused-ring (bicyclic) bond motifs is 1. The molecule has 0 atom stereocenters. The summed E-state index contributed by atoms with van der Waals surface area (Å²) < 4.78 is 0. The van der Waals surface area contributed by atoms with Crippen LogP contribution in [0.15, 0.2) is 41.3 Å². The fraction of sp³-hybridized carbons (Fsp3) is 0.348. The van der Waals surface area contributed by atoms with Crippen LogP contribution in [0.4, 0.5) is 11.4 Å². The van der Waals surface area contributed by atoms with E-state index in [0.717, 1.165) is 23.3 Å². The molecule has 0 unspecified atom stereocenters. The zero-order valence-corrected chi connectivity index (χ0v) is 17.7. The molecule has 2 aromatic rings. The zero-order chi connectivity index (χ0) is 21.1. The third kappa shape index (κ3) is 4.67. The fourth-order valence-corrected chi connectivity index (χ4v) is 4.67. The van der Waals surface area contributed by atoms with Crippen molar-refractivity contribution < 1.29 is 14.4 Å². The highest BCUT2D eigenvalue weighted by atomic mass is 32.2. The van der Waals surface area contributed by atoms with Crippen molar-refractivity contribution in [3.8, 4) is 0 Å². The van der Waals surface area contributed by atoms with E-state index in [1.54, 1.807) is 30.3 Å². The summed E-state index contributed by atoms with van der Waals surface area (Å²) in [6, 6.07) is 10.9. The Balaban J connectivity index is 1.43. The number of aryl methyl sites for hydroxylation is 1. The van der Waals surface area contributed by atoms with E-state index in [-0.39, 0.29) is 23.8 Å². The molecule has 3 amide bonds. The lowest BCUT2D eigenvalue weighted by atomic mass is 9.95. The SMILES string of the molecule is Cc1cc(C(=O)NC2CCCCC2)ccc1NC(=O)c1ccc2c(c1)NC(=O)CS2. The van der Waals surface area contributed by atoms with Gasteiger partial charge in [0.05, 0.1) is 11.4 Å². The second kappa shape index (κ2) is 8.92. The maximum absolute atomic E-state index is 12.7. The molecule has 30 heavy (non-hydrogen) atoms. The van der Waals surface area contributed by atoms with E-state index in [4.69, 9.17) is 0 Å². The van der Waals surface area contributed by atoms with Gasteiger partial charge >= 0.3 is 0 Å². The number of nitrogens with one attached hydrogen (secondary N) is 3. The van der Waals surface area contributed by atoms with Gasteiger partial charge in [-0.1, -0.05) is 19.3 Å². The van der Waals surface area contributed by atoms with Gasteiger partial charge in [0.1, 0.15) is 0 Å². The largest absolute Gasteiger partial charge is 0.349 e. The van der Waals surface area contributed by atoms with Crippen molar-refractivity contribution in [2.75, 3.05) is 16.4 Å². The summed E-state index contributed by atoms with van der Waals surface area (Å²) in [6.07, 6.45) is 5.66. The first-order valence-electron chi connectivity index (χ1n) is 10.3. The summed E-state index contributed by atoms with van der Waals surface area (Å²) in [5.74, 6) is -0.00257. The number of thioether (sulfide) groups is 1. The molecule has 6 nitrogen and oxygen atoms in total. The van der Waals surface area contributed by atoms with Crippen molar-refractivity contribution in [2.45, 2.75) is 50.0 Å². The van der Waals surface area contributed by atoms with Gasteiger partial charge in [0.15, 0.2) is 0 Å². The van der Waals surface area contributed by atoms with Crippen molar-refractivity contribution >= 4 is 40.9 Å². The molecule has 2 aliphatic rings. The van der Waals surface area contributed by atoms with E-state index in [1.807, 2.05) is 13.0 Å². The van der Waals surface area contributed by atoms with E-state index in [2.05, 4.69) is 16.0 Å². The minimum absolute atomic E-state index is 0.0641. The maximum atomic E-state index is 12.7. The normalized spacial score (nSPS) is 16.4. The maximum Gasteiger partial charge on any atom is 0.255 e. The number of amides is 3. The lowest BCUT2D eigenvalue weighted by Crippen LogP contribution is -2.36. The molecule has 0 bridgehead atoms. The predicted molar refractivity (Wildman–Crippen MR) is 119 cm³/mol. The quantitative estimate of drug-likeness (QED) is 0.682. The van der Waals surface area contributed by atoms with Gasteiger partial charge in [0.25, 0.3) is 11.8 Å². The standard InChI is InChI=1S/C23H25N3O3S/c1-14-11-15(22(28)24-17-5-3-2-4-6-17)7-9-18(14)26-23(29)16-8-10-20-19(12-16)25-21(27)13-30-20/h7-12,17H,2-6,13H2,1H3,(H,24,28)(H,25,27)(H,26,29). The summed E-state index contributed by atoms with van der Waals surface area (Å²) in [5, 5.41) is 8.82. The van der Waals surface area contributed by atoms with Crippen molar-refractivity contribution in [2.24, 2.45) is 0 Å². The number of benzene rings is 2. The highest BCUT2D eigenvalue weighted by molar-refractivity contribution is 8.00. The van der Waals surface area contributed by atoms with E-state index >= 15 is 0 Å². The molecule has 3 N–H and O–H groups in total. The van der Waals surface area contributed by atoms with Crippen LogP contribution in [0.2, 0.25) is 0 Å². The number of hydrogen-bond donors (Lipinski definition) is 3. The Labute approximate surface area is 180 Å². The third-order valence-corrected chi connectivity index (χ3v) is 6.63. The molecule has 0 spiro atoms. The Morgan fingerprint density at radius 3 is 2.50 bits per heavy atom. The lowest BCUT2D eigenvalue weighted by molar-refractivity contribution is -0.113. The molecule has 4 rings (SSSR count). The Kier molecular flexibility index (Phi) is 6.08. The Morgan fingerprint density at radius 2 is 1.73 bits per heavy atom. The van der Waals surface area contributed by atoms with Gasteiger partial charge in [-0.2, -0.15) is 0 Å². The van der Waals surface area contributed by atoms with E-state index in [1.165, 1.54) is 31.0 Å². The first-order chi connectivity index (χ1) is 14.5. The van der Waals surface area contributed by atoms with Crippen LogP contribution >= 0.6 is 11.8 Å². The molecule has 1 aliphatic heterocycles. The first-order valence-corrected chi connectivity index (χ1v) is 11.3. The van der Waals surface area contributed by atoms with Crippen molar-refractivity contribution in [3.63, 3.8) is 0 Å². The molecule has 156 valence electrons. The smallest absolute Gasteiger partial charge is 0.255 e. The summed E-state index contributed by atoms with van der Waals surface area (Å²) in [4.78, 5) is 37.8. The minimum atomic E-state index is -0.259. The number of rotatable bonds is 4. The molecule has 1 aliphatic carbocycles. The van der Waals surface area contributed by atoms with Crippen LogP contribution in [-0.4, -0.2) is 29.5 Å². The number of carbonyl (C=O) groups excluding carboxylic acids is 3. The van der Waals surface area contributed by atoms with Crippen LogP contribution in [0.25, 0.3) is 0 Å². The summed E-state index contributed by atoms with van der Waals surface area (Å²) in [5.41, 5.74) is 3.21. The Morgan fingerprint density at radius 1 is 1.00 bits per heavy atom. The Bertz CT molecular complexity index is 999. The second-order valence-corrected chi connectivity index (χ2v) is 8.86. The van der Waals surface area contributed by atoms with Crippen LogP contribution < -0.4 is 16.0 Å². The van der Waals surface area contributed by atoms with Crippen molar-refractivity contribution in [3.05, 3.63) is 53.1 Å². The average Bonchev–Trinajstić information content (AvgIpc) is 2.75. The van der Waals surface area contributed by atoms with Crippen LogP contribution in [-0.2, 0) is 4.79 Å². The minimum Gasteiger partial charge on any atom is -0.349 e. The molecular weight excluding hydrogens is 398 g/mol. The Hall–Kier alpha value is -2.80. The van der Waals surface area contributed by atoms with Gasteiger partial charge in [-0.25, -0.2) is 0 Å². The molecule has 1 saturated carbocycles. The van der Waals surface area contributed by atoms with Crippen LogP contribution in [0, 0.1) is 6.92 Å². The molecule has 0 saturated heterocycles. The molecule has 1 fully saturated rings. The van der Waals surface area contributed by atoms with Crippen LogP contribution in [0.5, 0.6) is 0 Å². The zero-order valence-electron chi connectivity index (χ0n) is 16.9. The van der Waals surface area contributed by atoms with Crippen molar-refractivity contribution in [1.29, 1.82) is 0 Å². The van der Waals surface area contributed by atoms with E-state index < -0.39 is 0 Å². The summed E-state index contributed by atoms with van der Waals surface area (Å²) in [6.45, 7) is 1.87. The third-order valence-electron chi connectivity index (χ3n) is 5.55. The molecule has 0 aromatic heterocycles. The topological polar surface area (TPSA) is 87.3 Å². The second-order valence-electron chi connectivity index (χ2n) is 7.84. The van der Waals surface area contributed by atoms with Gasteiger partial charge in [-0.3, -0.25) is 14.4 Å². The van der Waals surface area contributed by atoms with Gasteiger partial charge in [-0.05, 0) is 61.7 Å². The van der Waals surface area contributed by atoms with Gasteiger partial charge in [0, 0.05) is 27.8 Å². The number of carbonyl (C=O) groups is 3. The summed E-state index contributed by atoms with van der Waals surface area (Å²) >= 11 is 1.46. The number of hydrogen-bond acceptors (Lipinski definition) is 4. The average molecular weight is 424 g/mol. The van der Waals surface area contributed by atoms with Gasteiger partial charge in [-0.15, -0.1) is 11.8 Å². The predicted octanol–water partition coefficient (Wildman–Crippen LogP) is 4.35. The highest BCUT2D eigenvalue weighted by Gasteiger charge is 2.19. The van der Waals surface area contributed by atoms with Gasteiger partial charge in [0.2, 0.25) is 5.91 Å². The molecule has 7 heteroatoms. The van der Waals surface area contributed by atoms with Crippen LogP contribution in [0.1, 0.15) is 58.4 Å². The highest BCUT2D eigenvalue weighted by Crippen LogP contribution is 2.32. The first kappa shape index (κ1) is 20.5. The van der Waals surface area contributed by atoms with E-state index in [0.29, 0.717) is 28.3 Å². The summed E-state index contributed by atoms with van der Waals surface area (Å²) in [7, 11) is 0. The van der Waals surface area contributed by atoms with Crippen LogP contribution in [0.3, 0.4) is 0 Å².